The zero-order valence-electron chi connectivity index (χ0n) is 22.4. The van der Waals surface area contributed by atoms with Gasteiger partial charge in [-0.25, -0.2) is 19.7 Å². The highest BCUT2D eigenvalue weighted by Gasteiger charge is 2.38. The number of furan rings is 2. The fourth-order valence-corrected chi connectivity index (χ4v) is 3.09. The third kappa shape index (κ3) is 10.1. The fraction of sp³-hybridized carbons (Fsp3) is 0.286. The molecular weight excluding hydrogens is 520 g/mol. The van der Waals surface area contributed by atoms with Crippen molar-refractivity contribution in [2.24, 2.45) is 5.73 Å². The van der Waals surface area contributed by atoms with E-state index in [1.54, 1.807) is 51.1 Å². The molecule has 1 aliphatic heterocycles. The van der Waals surface area contributed by atoms with Gasteiger partial charge in [-0.1, -0.05) is 0 Å². The predicted molar refractivity (Wildman–Crippen MR) is 141 cm³/mol. The number of Topliss-reactive ketones (excluding diaryl/α,β-unsaturated/α-hetero) is 1. The van der Waals surface area contributed by atoms with Gasteiger partial charge in [0.05, 0.1) is 56.4 Å². The molecule has 0 radical (unpaired) electrons. The van der Waals surface area contributed by atoms with Crippen LogP contribution in [0.2, 0.25) is 0 Å². The van der Waals surface area contributed by atoms with Gasteiger partial charge in [0.25, 0.3) is 5.70 Å². The molecule has 2 N–H and O–H groups in total. The molecule has 0 saturated carbocycles. The van der Waals surface area contributed by atoms with Crippen molar-refractivity contribution in [1.29, 1.82) is 5.26 Å². The normalized spacial score (nSPS) is 14.0. The molecule has 3 rings (SSSR count). The lowest BCUT2D eigenvalue weighted by molar-refractivity contribution is -0.145. The van der Waals surface area contributed by atoms with Gasteiger partial charge in [-0.15, -0.1) is 0 Å². The Morgan fingerprint density at radius 2 is 1.77 bits per heavy atom. The smallest absolute Gasteiger partial charge is 0.337 e. The molecule has 1 aliphatic rings. The van der Waals surface area contributed by atoms with Crippen molar-refractivity contribution < 1.29 is 37.4 Å². The average molecular weight is 549 g/mol. The second-order valence-corrected chi connectivity index (χ2v) is 7.55. The molecule has 3 heterocycles. The maximum atomic E-state index is 12.1. The minimum atomic E-state index is -0.699. The van der Waals surface area contributed by atoms with Gasteiger partial charge in [0, 0.05) is 0 Å². The summed E-state index contributed by atoms with van der Waals surface area (Å²) >= 11 is 0. The number of ketones is 1. The predicted octanol–water partition coefficient (Wildman–Crippen LogP) is 4.87. The number of carbonyl (C=O) groups is 3. The molecule has 208 valence electrons. The van der Waals surface area contributed by atoms with Crippen LogP contribution in [0.4, 0.5) is 0 Å². The SMILES string of the molecule is CCOC(=O)CC(C)=O.[C-]#[N+]/C(C#N)=C\c1ccco1.[C-]#[N+]C1=C(N)OC(C)=C(C(=O)OCC)C1c1ccco1. The van der Waals surface area contributed by atoms with E-state index in [-0.39, 0.29) is 41.7 Å². The van der Waals surface area contributed by atoms with E-state index in [1.165, 1.54) is 25.5 Å². The van der Waals surface area contributed by atoms with Crippen LogP contribution in [0.25, 0.3) is 15.8 Å². The zero-order valence-corrected chi connectivity index (χ0v) is 22.4. The first-order valence-corrected chi connectivity index (χ1v) is 11.8. The maximum Gasteiger partial charge on any atom is 0.337 e. The van der Waals surface area contributed by atoms with Crippen LogP contribution >= 0.6 is 0 Å². The van der Waals surface area contributed by atoms with Crippen LogP contribution < -0.4 is 5.73 Å². The highest BCUT2D eigenvalue weighted by molar-refractivity contribution is 5.94. The Morgan fingerprint density at radius 1 is 1.12 bits per heavy atom. The second-order valence-electron chi connectivity index (χ2n) is 7.55. The highest BCUT2D eigenvalue weighted by atomic mass is 16.5. The molecule has 0 saturated heterocycles. The van der Waals surface area contributed by atoms with E-state index in [9.17, 15) is 14.4 Å². The number of nitriles is 1. The zero-order chi connectivity index (χ0) is 30.1. The lowest BCUT2D eigenvalue weighted by Crippen LogP contribution is -2.24. The van der Waals surface area contributed by atoms with Crippen LogP contribution in [0.3, 0.4) is 0 Å². The molecule has 0 amide bonds. The molecule has 2 aromatic rings. The summed E-state index contributed by atoms with van der Waals surface area (Å²) in [6, 6.07) is 8.48. The number of esters is 2. The molecule has 12 heteroatoms. The van der Waals surface area contributed by atoms with Gasteiger partial charge in [0.15, 0.2) is 5.88 Å². The monoisotopic (exact) mass is 548 g/mol. The summed E-state index contributed by atoms with van der Waals surface area (Å²) in [7, 11) is 0. The van der Waals surface area contributed by atoms with Crippen LogP contribution in [-0.2, 0) is 28.6 Å². The summed E-state index contributed by atoms with van der Waals surface area (Å²) in [6.45, 7) is 20.8. The number of carbonyl (C=O) groups excluding carboxylic acids is 3. The molecule has 2 aromatic heterocycles. The Hall–Kier alpha value is -5.54. The molecule has 0 aromatic carbocycles. The van der Waals surface area contributed by atoms with Gasteiger partial charge >= 0.3 is 11.9 Å². The largest absolute Gasteiger partial charge is 0.470 e. The average Bonchev–Trinajstić information content (AvgIpc) is 3.62. The molecule has 0 fully saturated rings. The number of nitrogens with two attached hydrogens (primary N) is 1. The first-order chi connectivity index (χ1) is 19.1. The van der Waals surface area contributed by atoms with Gasteiger partial charge < -0.3 is 28.8 Å². The summed E-state index contributed by atoms with van der Waals surface area (Å²) in [5.74, 6) is -0.572. The van der Waals surface area contributed by atoms with Crippen LogP contribution in [0.5, 0.6) is 0 Å². The van der Waals surface area contributed by atoms with Gasteiger partial charge in [0.2, 0.25) is 5.70 Å². The molecule has 0 spiro atoms. The molecule has 1 atom stereocenters. The molecule has 0 aliphatic carbocycles. The lowest BCUT2D eigenvalue weighted by atomic mass is 9.90. The number of allylic oxidation sites excluding steroid dienone is 3. The number of rotatable bonds is 7. The number of nitrogens with zero attached hydrogens (tertiary/aromatic N) is 3. The van der Waals surface area contributed by atoms with Crippen LogP contribution in [0.1, 0.15) is 51.6 Å². The molecule has 40 heavy (non-hydrogen) atoms. The Morgan fingerprint density at radius 3 is 2.25 bits per heavy atom. The topological polar surface area (TPSA) is 164 Å². The Labute approximate surface area is 231 Å². The van der Waals surface area contributed by atoms with Gasteiger partial charge in [-0.2, -0.15) is 0 Å². The van der Waals surface area contributed by atoms with Gasteiger partial charge in [0.1, 0.15) is 29.5 Å². The lowest BCUT2D eigenvalue weighted by Gasteiger charge is -2.25. The van der Waals surface area contributed by atoms with Crippen molar-refractivity contribution in [1.82, 2.24) is 0 Å². The maximum absolute atomic E-state index is 12.1. The van der Waals surface area contributed by atoms with E-state index in [1.807, 2.05) is 0 Å². The molecule has 0 bridgehead atoms. The van der Waals surface area contributed by atoms with Crippen molar-refractivity contribution in [3.05, 3.63) is 99.8 Å². The number of ether oxygens (including phenoxy) is 3. The van der Waals surface area contributed by atoms with E-state index in [4.69, 9.17) is 42.4 Å². The van der Waals surface area contributed by atoms with E-state index in [2.05, 4.69) is 14.4 Å². The van der Waals surface area contributed by atoms with Crippen LogP contribution in [0, 0.1) is 24.5 Å². The Balaban J connectivity index is 0.000000337. The molecule has 1 unspecified atom stereocenters. The summed E-state index contributed by atoms with van der Waals surface area (Å²) in [6.07, 6.45) is 4.26. The van der Waals surface area contributed by atoms with Crippen molar-refractivity contribution in [2.75, 3.05) is 13.2 Å². The third-order valence-corrected chi connectivity index (χ3v) is 4.66. The minimum Gasteiger partial charge on any atom is -0.470 e. The first kappa shape index (κ1) is 32.5. The Bertz CT molecular complexity index is 1360. The summed E-state index contributed by atoms with van der Waals surface area (Å²) in [5, 5.41) is 8.35. The first-order valence-electron chi connectivity index (χ1n) is 11.8. The summed E-state index contributed by atoms with van der Waals surface area (Å²) in [5.41, 5.74) is 6.11. The highest BCUT2D eigenvalue weighted by Crippen LogP contribution is 2.40. The summed E-state index contributed by atoms with van der Waals surface area (Å²) < 4.78 is 25.0. The quantitative estimate of drug-likeness (QED) is 0.218. The number of hydrogen-bond acceptors (Lipinski definition) is 10. The summed E-state index contributed by atoms with van der Waals surface area (Å²) in [4.78, 5) is 39.1. The molecular formula is C28H28N4O8. The number of hydrogen-bond donors (Lipinski definition) is 1. The van der Waals surface area contributed by atoms with Crippen LogP contribution in [0.15, 0.2) is 74.2 Å². The van der Waals surface area contributed by atoms with E-state index < -0.39 is 17.9 Å². The minimum absolute atomic E-state index is 0.0213. The van der Waals surface area contributed by atoms with E-state index >= 15 is 0 Å². The van der Waals surface area contributed by atoms with Crippen molar-refractivity contribution in [3.8, 4) is 6.07 Å². The van der Waals surface area contributed by atoms with E-state index in [0.29, 0.717) is 23.9 Å². The fourth-order valence-electron chi connectivity index (χ4n) is 3.09. The van der Waals surface area contributed by atoms with Crippen molar-refractivity contribution in [3.63, 3.8) is 0 Å². The van der Waals surface area contributed by atoms with Gasteiger partial charge in [-0.05, 0) is 58.0 Å². The molecule has 12 nitrogen and oxygen atoms in total. The third-order valence-electron chi connectivity index (χ3n) is 4.66. The second kappa shape index (κ2) is 17.1. The standard InChI is InChI=1S/C14H14N2O4.C8H4N2O.C6H10O3/c1-4-18-14(17)10-8(2)20-13(15)12(16-3)11(10)9-6-5-7-19-9;1-10-7(6-9)5-8-3-2-4-11-8;1-3-9-6(8)4-5(2)7/h5-7,11H,4,15H2,1-2H3;2-5H;3-4H2,1-2H3/b;7-5-;. The van der Waals surface area contributed by atoms with Crippen LogP contribution in [-0.4, -0.2) is 30.9 Å². The van der Waals surface area contributed by atoms with Gasteiger partial charge in [-0.3, -0.25) is 9.59 Å². The Kier molecular flexibility index (Phi) is 13.9. The van der Waals surface area contributed by atoms with Crippen molar-refractivity contribution >= 4 is 23.8 Å². The van der Waals surface area contributed by atoms with Crippen molar-refractivity contribution in [2.45, 2.75) is 40.0 Å². The van der Waals surface area contributed by atoms with E-state index in [0.717, 1.165) is 0 Å².